The third kappa shape index (κ3) is 4.72. The van der Waals surface area contributed by atoms with Crippen LogP contribution in [0.1, 0.15) is 69.3 Å². The zero-order valence-corrected chi connectivity index (χ0v) is 21.9. The van der Waals surface area contributed by atoms with E-state index >= 15 is 0 Å². The number of hydrogen-bond acceptors (Lipinski definition) is 6. The number of halogens is 2. The van der Waals surface area contributed by atoms with Crippen LogP contribution in [-0.2, 0) is 0 Å². The molecule has 2 aromatic heterocycles. The second-order valence-electron chi connectivity index (χ2n) is 10.3. The number of aromatic nitrogens is 4. The molecule has 0 radical (unpaired) electrons. The Hall–Kier alpha value is -3.34. The number of hydrogen-bond donors (Lipinski definition) is 2. The number of fused-ring (bicyclic) bond motifs is 1. The molecule has 0 amide bonds. The smallest absolute Gasteiger partial charge is 0.110 e. The Balaban J connectivity index is 1.45. The van der Waals surface area contributed by atoms with Crippen LogP contribution in [0.4, 0.5) is 11.4 Å². The maximum Gasteiger partial charge on any atom is 0.110 e. The first kappa shape index (κ1) is 22.8. The van der Waals surface area contributed by atoms with Gasteiger partial charge in [-0.05, 0) is 54.9 Å². The van der Waals surface area contributed by atoms with E-state index in [2.05, 4.69) is 38.9 Å². The standard InChI is InChI=1S/C28H27Cl2N7/c1-28(9-4-10-28)16-33-25-17(13-31)14-32-26-21(25)11-18(12-23(26)30)34-27(20-5-2-3-6-22(20)29)24-15-37(36-35-24)19-7-8-19/h2-3,5-6,11-12,14-15,19,27,34H,4,7-10,16H2,1H3,(H,32,33)/t27-/m1/s1/i27D. The molecular weight excluding hydrogens is 505 g/mol. The molecule has 0 bridgehead atoms. The molecule has 37 heavy (non-hydrogen) atoms. The van der Waals surface area contributed by atoms with Crippen LogP contribution in [0.25, 0.3) is 10.9 Å². The molecule has 6 rings (SSSR count). The van der Waals surface area contributed by atoms with E-state index in [1.807, 2.05) is 35.1 Å². The van der Waals surface area contributed by atoms with Crippen molar-refractivity contribution in [2.24, 2.45) is 5.41 Å². The molecule has 2 aromatic carbocycles. The van der Waals surface area contributed by atoms with Gasteiger partial charge in [0.05, 0.1) is 41.4 Å². The Labute approximate surface area is 227 Å². The third-order valence-corrected chi connectivity index (χ3v) is 8.02. The Bertz CT molecular complexity index is 1570. The van der Waals surface area contributed by atoms with Crippen LogP contribution in [-0.4, -0.2) is 26.5 Å². The second kappa shape index (κ2) is 9.51. The Morgan fingerprint density at radius 3 is 2.76 bits per heavy atom. The summed E-state index contributed by atoms with van der Waals surface area (Å²) >= 11 is 13.3. The molecule has 0 aliphatic heterocycles. The van der Waals surface area contributed by atoms with Gasteiger partial charge in [0.1, 0.15) is 11.8 Å². The summed E-state index contributed by atoms with van der Waals surface area (Å²) in [5.74, 6) is 0. The van der Waals surface area contributed by atoms with Crippen molar-refractivity contribution in [3.05, 3.63) is 75.7 Å². The van der Waals surface area contributed by atoms with Gasteiger partial charge in [-0.2, -0.15) is 5.26 Å². The molecule has 1 atom stereocenters. The highest BCUT2D eigenvalue weighted by Gasteiger charge is 2.32. The van der Waals surface area contributed by atoms with E-state index < -0.39 is 6.02 Å². The van der Waals surface area contributed by atoms with E-state index in [1.54, 1.807) is 18.3 Å². The van der Waals surface area contributed by atoms with Crippen LogP contribution >= 0.6 is 23.2 Å². The van der Waals surface area contributed by atoms with Crippen LogP contribution in [0.2, 0.25) is 10.0 Å². The SMILES string of the molecule is [2H][C@](Nc1cc(Cl)c2ncc(C#N)c(NCC3(C)CCC3)c2c1)(c1cn(C2CC2)nn1)c1ccccc1Cl. The van der Waals surface area contributed by atoms with E-state index in [4.69, 9.17) is 23.2 Å². The van der Waals surface area contributed by atoms with Gasteiger partial charge in [-0.3, -0.25) is 4.98 Å². The van der Waals surface area contributed by atoms with Crippen molar-refractivity contribution in [1.29, 1.82) is 5.26 Å². The monoisotopic (exact) mass is 532 g/mol. The van der Waals surface area contributed by atoms with Crippen molar-refractivity contribution in [2.45, 2.75) is 51.1 Å². The van der Waals surface area contributed by atoms with Gasteiger partial charge >= 0.3 is 0 Å². The number of pyridine rings is 1. The molecule has 188 valence electrons. The summed E-state index contributed by atoms with van der Waals surface area (Å²) in [5.41, 5.74) is 3.48. The second-order valence-corrected chi connectivity index (χ2v) is 11.1. The minimum absolute atomic E-state index is 0.204. The fourth-order valence-corrected chi connectivity index (χ4v) is 5.35. The topological polar surface area (TPSA) is 91.5 Å². The molecule has 0 unspecified atom stereocenters. The average molecular weight is 533 g/mol. The summed E-state index contributed by atoms with van der Waals surface area (Å²) in [4.78, 5) is 4.47. The first-order valence-corrected chi connectivity index (χ1v) is 13.3. The lowest BCUT2D eigenvalue weighted by Crippen LogP contribution is -2.33. The highest BCUT2D eigenvalue weighted by molar-refractivity contribution is 6.36. The number of nitrogens with one attached hydrogen (secondary N) is 2. The summed E-state index contributed by atoms with van der Waals surface area (Å²) < 4.78 is 11.4. The van der Waals surface area contributed by atoms with E-state index in [0.29, 0.717) is 55.2 Å². The minimum Gasteiger partial charge on any atom is -0.383 e. The lowest BCUT2D eigenvalue weighted by molar-refractivity contribution is 0.180. The van der Waals surface area contributed by atoms with Crippen LogP contribution in [0.3, 0.4) is 0 Å². The summed E-state index contributed by atoms with van der Waals surface area (Å²) in [5, 5.41) is 26.9. The molecule has 2 heterocycles. The highest BCUT2D eigenvalue weighted by Crippen LogP contribution is 2.42. The highest BCUT2D eigenvalue weighted by atomic mass is 35.5. The molecule has 2 fully saturated rings. The fraction of sp³-hybridized carbons (Fsp3) is 0.357. The van der Waals surface area contributed by atoms with Crippen molar-refractivity contribution in [3.63, 3.8) is 0 Å². The van der Waals surface area contributed by atoms with Gasteiger partial charge in [0, 0.05) is 28.8 Å². The van der Waals surface area contributed by atoms with Crippen molar-refractivity contribution in [3.8, 4) is 6.07 Å². The molecule has 0 spiro atoms. The zero-order chi connectivity index (χ0) is 26.5. The normalized spacial score (nSPS) is 18.4. The summed E-state index contributed by atoms with van der Waals surface area (Å²) in [7, 11) is 0. The summed E-state index contributed by atoms with van der Waals surface area (Å²) in [6, 6.07) is 11.9. The van der Waals surface area contributed by atoms with E-state index in [1.165, 1.54) is 6.42 Å². The quantitative estimate of drug-likeness (QED) is 0.250. The summed E-state index contributed by atoms with van der Waals surface area (Å²) in [6.07, 6.45) is 9.00. The molecule has 2 N–H and O–H groups in total. The van der Waals surface area contributed by atoms with Crippen LogP contribution in [0, 0.1) is 16.7 Å². The van der Waals surface area contributed by atoms with Gasteiger partial charge in [-0.15, -0.1) is 5.10 Å². The molecule has 4 aromatic rings. The Morgan fingerprint density at radius 2 is 2.05 bits per heavy atom. The molecule has 2 saturated carbocycles. The Kier molecular flexibility index (Phi) is 5.87. The molecule has 2 aliphatic carbocycles. The fourth-order valence-electron chi connectivity index (χ4n) is 4.85. The first-order chi connectivity index (χ1) is 18.3. The lowest BCUT2D eigenvalue weighted by atomic mass is 9.70. The van der Waals surface area contributed by atoms with Gasteiger partial charge < -0.3 is 10.6 Å². The van der Waals surface area contributed by atoms with Crippen LogP contribution in [0.5, 0.6) is 0 Å². The van der Waals surface area contributed by atoms with Gasteiger partial charge in [0.2, 0.25) is 0 Å². The van der Waals surface area contributed by atoms with Crippen LogP contribution < -0.4 is 10.6 Å². The van der Waals surface area contributed by atoms with Crippen molar-refractivity contribution < 1.29 is 1.37 Å². The number of rotatable bonds is 8. The lowest BCUT2D eigenvalue weighted by Gasteiger charge is -2.38. The van der Waals surface area contributed by atoms with Crippen molar-refractivity contribution in [1.82, 2.24) is 20.0 Å². The number of nitriles is 1. The summed E-state index contributed by atoms with van der Waals surface area (Å²) in [6.45, 7) is 3.01. The predicted octanol–water partition coefficient (Wildman–Crippen LogP) is 7.14. The predicted molar refractivity (Wildman–Crippen MR) is 147 cm³/mol. The van der Waals surface area contributed by atoms with Gasteiger partial charge in [0.15, 0.2) is 0 Å². The maximum absolute atomic E-state index is 9.84. The zero-order valence-electron chi connectivity index (χ0n) is 21.4. The van der Waals surface area contributed by atoms with Gasteiger partial charge in [0.25, 0.3) is 0 Å². The molecule has 0 saturated heterocycles. The van der Waals surface area contributed by atoms with Crippen molar-refractivity contribution in [2.75, 3.05) is 17.2 Å². The van der Waals surface area contributed by atoms with Crippen LogP contribution in [0.15, 0.2) is 48.8 Å². The van der Waals surface area contributed by atoms with Gasteiger partial charge in [-0.1, -0.05) is 60.0 Å². The largest absolute Gasteiger partial charge is 0.383 e. The molecular formula is C28H27Cl2N7. The number of anilines is 2. The maximum atomic E-state index is 9.84. The molecule has 7 nitrogen and oxygen atoms in total. The van der Waals surface area contributed by atoms with Gasteiger partial charge in [-0.25, -0.2) is 4.68 Å². The molecule has 9 heteroatoms. The number of benzene rings is 2. The van der Waals surface area contributed by atoms with E-state index in [0.717, 1.165) is 32.2 Å². The van der Waals surface area contributed by atoms with E-state index in [9.17, 15) is 6.63 Å². The minimum atomic E-state index is -1.55. The van der Waals surface area contributed by atoms with Crippen molar-refractivity contribution >= 4 is 45.5 Å². The number of nitrogens with zero attached hydrogens (tertiary/aromatic N) is 5. The van der Waals surface area contributed by atoms with E-state index in [-0.39, 0.29) is 5.41 Å². The third-order valence-electron chi connectivity index (χ3n) is 7.40. The average Bonchev–Trinajstić information content (AvgIpc) is 3.61. The first-order valence-electron chi connectivity index (χ1n) is 13.0. The Morgan fingerprint density at radius 1 is 1.24 bits per heavy atom. The molecule has 2 aliphatic rings.